The number of hydrogen-bond donors (Lipinski definition) is 1. The Morgan fingerprint density at radius 1 is 1.13 bits per heavy atom. The zero-order valence-corrected chi connectivity index (χ0v) is 22.4. The predicted molar refractivity (Wildman–Crippen MR) is 146 cm³/mol. The number of Topliss-reactive ketones (excluding diaryl/α,β-unsaturated/α-hetero) is 1. The summed E-state index contributed by atoms with van der Waals surface area (Å²) in [4.78, 5) is 41.2. The molecule has 2 aromatic carbocycles. The molecule has 1 atom stereocenters. The van der Waals surface area contributed by atoms with Gasteiger partial charge in [-0.1, -0.05) is 25.5 Å². The molecule has 10 heteroatoms. The molecule has 2 aromatic rings. The van der Waals surface area contributed by atoms with E-state index in [1.54, 1.807) is 24.3 Å². The van der Waals surface area contributed by atoms with Crippen LogP contribution in [0.25, 0.3) is 5.76 Å². The number of aliphatic hydroxyl groups is 1. The molecule has 10 nitrogen and oxygen atoms in total. The number of hydrogen-bond acceptors (Lipinski definition) is 8. The van der Waals surface area contributed by atoms with Gasteiger partial charge < -0.3 is 19.5 Å². The number of non-ortho nitro benzene ring substituents is 1. The van der Waals surface area contributed by atoms with Gasteiger partial charge in [0.05, 0.1) is 36.4 Å². The maximum absolute atomic E-state index is 13.3. The topological polar surface area (TPSA) is 122 Å². The molecule has 1 N–H and O–H groups in total. The molecule has 1 amide bonds. The Morgan fingerprint density at radius 3 is 2.59 bits per heavy atom. The number of ketones is 1. The van der Waals surface area contributed by atoms with Gasteiger partial charge in [0.25, 0.3) is 17.4 Å². The molecule has 4 rings (SSSR count). The van der Waals surface area contributed by atoms with E-state index in [2.05, 4.69) is 11.8 Å². The summed E-state index contributed by atoms with van der Waals surface area (Å²) >= 11 is 0. The quantitative estimate of drug-likeness (QED) is 0.113. The number of carbonyl (C=O) groups excluding carboxylic acids is 2. The highest BCUT2D eigenvalue weighted by atomic mass is 16.6. The van der Waals surface area contributed by atoms with Crippen molar-refractivity contribution in [1.29, 1.82) is 0 Å². The molecular weight excluding hydrogens is 502 g/mol. The van der Waals surface area contributed by atoms with Gasteiger partial charge in [-0.05, 0) is 49.1 Å². The molecule has 2 saturated heterocycles. The molecule has 2 aliphatic rings. The third kappa shape index (κ3) is 6.46. The summed E-state index contributed by atoms with van der Waals surface area (Å²) < 4.78 is 11.2. The van der Waals surface area contributed by atoms with E-state index in [0.29, 0.717) is 49.7 Å². The molecule has 2 aliphatic heterocycles. The van der Waals surface area contributed by atoms with E-state index in [9.17, 15) is 24.8 Å². The third-order valence-electron chi connectivity index (χ3n) is 7.12. The molecule has 0 saturated carbocycles. The van der Waals surface area contributed by atoms with Gasteiger partial charge in [0.2, 0.25) is 0 Å². The van der Waals surface area contributed by atoms with Gasteiger partial charge in [-0.3, -0.25) is 24.6 Å². The van der Waals surface area contributed by atoms with E-state index in [-0.39, 0.29) is 23.6 Å². The highest BCUT2D eigenvalue weighted by Gasteiger charge is 2.46. The highest BCUT2D eigenvalue weighted by Crippen LogP contribution is 2.40. The smallest absolute Gasteiger partial charge is 0.295 e. The number of likely N-dealkylation sites (tertiary alicyclic amines) is 1. The van der Waals surface area contributed by atoms with Crippen LogP contribution in [0.3, 0.4) is 0 Å². The van der Waals surface area contributed by atoms with Crippen LogP contribution in [0.4, 0.5) is 5.69 Å². The Bertz CT molecular complexity index is 1250. The summed E-state index contributed by atoms with van der Waals surface area (Å²) in [5, 5.41) is 22.9. The molecule has 2 heterocycles. The van der Waals surface area contributed by atoms with Crippen LogP contribution < -0.4 is 4.74 Å². The Morgan fingerprint density at radius 2 is 1.90 bits per heavy atom. The molecule has 0 bridgehead atoms. The number of aryl methyl sites for hydroxylation is 1. The number of unbranched alkanes of at least 4 members (excludes halogenated alkanes) is 1. The molecular formula is C29H35N3O7. The van der Waals surface area contributed by atoms with E-state index in [1.807, 2.05) is 6.92 Å². The first kappa shape index (κ1) is 28.3. The number of ether oxygens (including phenoxy) is 2. The van der Waals surface area contributed by atoms with Gasteiger partial charge in [0.15, 0.2) is 0 Å². The van der Waals surface area contributed by atoms with Gasteiger partial charge in [0, 0.05) is 43.9 Å². The van der Waals surface area contributed by atoms with Crippen molar-refractivity contribution < 1.29 is 29.1 Å². The Labute approximate surface area is 228 Å². The maximum atomic E-state index is 13.3. The van der Waals surface area contributed by atoms with Crippen molar-refractivity contribution in [2.24, 2.45) is 0 Å². The van der Waals surface area contributed by atoms with Crippen LogP contribution in [0.1, 0.15) is 48.9 Å². The van der Waals surface area contributed by atoms with Crippen LogP contribution in [-0.2, 0) is 14.3 Å². The second-order valence-electron chi connectivity index (χ2n) is 9.83. The van der Waals surface area contributed by atoms with Crippen LogP contribution in [0.15, 0.2) is 48.0 Å². The minimum Gasteiger partial charge on any atom is -0.507 e. The molecule has 208 valence electrons. The molecule has 39 heavy (non-hydrogen) atoms. The van der Waals surface area contributed by atoms with E-state index < -0.39 is 22.7 Å². The average molecular weight is 538 g/mol. The van der Waals surface area contributed by atoms with Crippen molar-refractivity contribution in [3.63, 3.8) is 0 Å². The van der Waals surface area contributed by atoms with Crippen molar-refractivity contribution in [2.45, 2.75) is 39.2 Å². The first-order valence-electron chi connectivity index (χ1n) is 13.4. The number of benzene rings is 2. The zero-order valence-electron chi connectivity index (χ0n) is 22.4. The largest absolute Gasteiger partial charge is 0.507 e. The molecule has 2 fully saturated rings. The average Bonchev–Trinajstić information content (AvgIpc) is 3.19. The number of nitro benzene ring substituents is 1. The Kier molecular flexibility index (Phi) is 9.32. The molecule has 0 spiro atoms. The fraction of sp³-hybridized carbons (Fsp3) is 0.448. The second-order valence-corrected chi connectivity index (χ2v) is 9.83. The number of rotatable bonds is 11. The minimum absolute atomic E-state index is 0.0779. The number of carbonyl (C=O) groups is 2. The normalized spacial score (nSPS) is 19.4. The lowest BCUT2D eigenvalue weighted by Gasteiger charge is -2.29. The van der Waals surface area contributed by atoms with Crippen molar-refractivity contribution >= 4 is 23.1 Å². The van der Waals surface area contributed by atoms with Gasteiger partial charge >= 0.3 is 0 Å². The van der Waals surface area contributed by atoms with Crippen molar-refractivity contribution in [3.05, 3.63) is 74.8 Å². The number of nitrogens with zero attached hydrogens (tertiary/aromatic N) is 3. The number of aliphatic hydroxyl groups excluding tert-OH is 1. The van der Waals surface area contributed by atoms with E-state index >= 15 is 0 Å². The molecule has 0 unspecified atom stereocenters. The fourth-order valence-electron chi connectivity index (χ4n) is 5.00. The maximum Gasteiger partial charge on any atom is 0.295 e. The number of morpholine rings is 1. The lowest BCUT2D eigenvalue weighted by Crippen LogP contribution is -2.39. The second kappa shape index (κ2) is 12.9. The fourth-order valence-corrected chi connectivity index (χ4v) is 5.00. The van der Waals surface area contributed by atoms with Crippen molar-refractivity contribution in [1.82, 2.24) is 9.80 Å². The predicted octanol–water partition coefficient (Wildman–Crippen LogP) is 4.23. The summed E-state index contributed by atoms with van der Waals surface area (Å²) in [5.74, 6) is -1.18. The van der Waals surface area contributed by atoms with Crippen molar-refractivity contribution in [2.75, 3.05) is 46.0 Å². The first-order chi connectivity index (χ1) is 18.8. The van der Waals surface area contributed by atoms with Gasteiger partial charge in [-0.25, -0.2) is 0 Å². The van der Waals surface area contributed by atoms with E-state index in [1.165, 1.54) is 23.1 Å². The van der Waals surface area contributed by atoms with Gasteiger partial charge in [-0.15, -0.1) is 0 Å². The minimum atomic E-state index is -0.949. The number of amides is 1. The molecule has 0 radical (unpaired) electrons. The van der Waals surface area contributed by atoms with E-state index in [0.717, 1.165) is 31.5 Å². The zero-order chi connectivity index (χ0) is 27.9. The van der Waals surface area contributed by atoms with Crippen LogP contribution in [-0.4, -0.2) is 77.5 Å². The molecule has 0 aromatic heterocycles. The highest BCUT2D eigenvalue weighted by molar-refractivity contribution is 6.46. The summed E-state index contributed by atoms with van der Waals surface area (Å²) in [6.07, 6.45) is 2.52. The lowest BCUT2D eigenvalue weighted by atomic mass is 9.94. The monoisotopic (exact) mass is 537 g/mol. The Hall–Kier alpha value is -3.76. The van der Waals surface area contributed by atoms with Gasteiger partial charge in [-0.2, -0.15) is 0 Å². The van der Waals surface area contributed by atoms with Gasteiger partial charge in [0.1, 0.15) is 11.5 Å². The summed E-state index contributed by atoms with van der Waals surface area (Å²) in [7, 11) is 0. The summed E-state index contributed by atoms with van der Waals surface area (Å²) in [6, 6.07) is 10.0. The number of nitro groups is 1. The standard InChI is InChI=1S/C29H35N3O7/c1-3-4-15-39-24-10-9-22(18-20(24)2)27(33)25-26(21-7-5-8-23(19-21)32(36)37)31(29(35)28(25)34)12-6-11-30-13-16-38-17-14-30/h5,7-10,18-19,26,33H,3-4,6,11-17H2,1-2H3/t26-/m1/s1. The van der Waals surface area contributed by atoms with Crippen LogP contribution in [0.5, 0.6) is 5.75 Å². The van der Waals surface area contributed by atoms with Crippen molar-refractivity contribution in [3.8, 4) is 5.75 Å². The lowest BCUT2D eigenvalue weighted by molar-refractivity contribution is -0.384. The van der Waals surface area contributed by atoms with E-state index in [4.69, 9.17) is 9.47 Å². The van der Waals surface area contributed by atoms with Crippen LogP contribution in [0.2, 0.25) is 0 Å². The SMILES string of the molecule is CCCCOc1ccc(C(O)=C2C(=O)C(=O)N(CCCN3CCOCC3)[C@@H]2c2cccc([N+](=O)[O-])c2)cc1C. The third-order valence-corrected chi connectivity index (χ3v) is 7.12. The summed E-state index contributed by atoms with van der Waals surface area (Å²) in [5.41, 5.74) is 1.31. The molecule has 0 aliphatic carbocycles. The first-order valence-corrected chi connectivity index (χ1v) is 13.4. The van der Waals surface area contributed by atoms with Crippen LogP contribution in [0, 0.1) is 17.0 Å². The Balaban J connectivity index is 1.68. The van der Waals surface area contributed by atoms with Crippen LogP contribution >= 0.6 is 0 Å². The summed E-state index contributed by atoms with van der Waals surface area (Å²) in [6.45, 7) is 8.37.